The summed E-state index contributed by atoms with van der Waals surface area (Å²) in [5.74, 6) is -0.325. The summed E-state index contributed by atoms with van der Waals surface area (Å²) >= 11 is 3.28. The highest BCUT2D eigenvalue weighted by atomic mass is 79.9. The summed E-state index contributed by atoms with van der Waals surface area (Å²) in [6.07, 6.45) is 2.64. The Labute approximate surface area is 126 Å². The maximum absolute atomic E-state index is 13.0. The molecule has 20 heavy (non-hydrogen) atoms. The molecular weight excluding hydrogens is 323 g/mol. The smallest absolute Gasteiger partial charge is 0.124 e. The monoisotopic (exact) mass is 340 g/mol. The number of aromatic nitrogens is 2. The zero-order chi connectivity index (χ0) is 14.7. The number of benzene rings is 1. The first-order valence-electron chi connectivity index (χ1n) is 6.68. The van der Waals surface area contributed by atoms with E-state index in [9.17, 15) is 9.50 Å². The molecule has 108 valence electrons. The van der Waals surface area contributed by atoms with E-state index in [0.717, 1.165) is 12.1 Å². The average Bonchev–Trinajstić information content (AvgIpc) is 2.86. The second-order valence-corrected chi connectivity index (χ2v) is 5.78. The molecule has 0 aliphatic heterocycles. The fourth-order valence-electron chi connectivity index (χ4n) is 2.00. The van der Waals surface area contributed by atoms with Crippen molar-refractivity contribution >= 4 is 15.9 Å². The predicted molar refractivity (Wildman–Crippen MR) is 80.0 cm³/mol. The van der Waals surface area contributed by atoms with Crippen LogP contribution < -0.4 is 0 Å². The molecule has 2 atom stereocenters. The Morgan fingerprint density at radius 2 is 2.15 bits per heavy atom. The second kappa shape index (κ2) is 6.50. The van der Waals surface area contributed by atoms with Gasteiger partial charge in [-0.3, -0.25) is 4.68 Å². The molecule has 0 spiro atoms. The molecule has 0 aliphatic carbocycles. The Morgan fingerprint density at radius 3 is 2.80 bits per heavy atom. The van der Waals surface area contributed by atoms with Gasteiger partial charge in [0.15, 0.2) is 0 Å². The van der Waals surface area contributed by atoms with Crippen molar-refractivity contribution in [3.63, 3.8) is 0 Å². The summed E-state index contributed by atoms with van der Waals surface area (Å²) in [5.41, 5.74) is 1.50. The third-order valence-corrected chi connectivity index (χ3v) is 4.12. The van der Waals surface area contributed by atoms with Crippen LogP contribution in [0.5, 0.6) is 0 Å². The SMILES string of the molecule is CCC(C)n1ccc(CC(O)c2ccc(F)cc2Br)n1. The number of hydrogen-bond acceptors (Lipinski definition) is 2. The van der Waals surface area contributed by atoms with Crippen molar-refractivity contribution in [2.75, 3.05) is 0 Å². The summed E-state index contributed by atoms with van der Waals surface area (Å²) < 4.78 is 15.5. The average molecular weight is 341 g/mol. The van der Waals surface area contributed by atoms with Gasteiger partial charge in [0, 0.05) is 23.1 Å². The van der Waals surface area contributed by atoms with Gasteiger partial charge in [-0.15, -0.1) is 0 Å². The van der Waals surface area contributed by atoms with Gasteiger partial charge in [-0.25, -0.2) is 4.39 Å². The maximum atomic E-state index is 13.0. The largest absolute Gasteiger partial charge is 0.388 e. The fraction of sp³-hybridized carbons (Fsp3) is 0.400. The number of rotatable bonds is 5. The minimum absolute atomic E-state index is 0.325. The van der Waals surface area contributed by atoms with E-state index in [1.807, 2.05) is 16.9 Å². The topological polar surface area (TPSA) is 38.0 Å². The van der Waals surface area contributed by atoms with Gasteiger partial charge in [0.1, 0.15) is 5.82 Å². The van der Waals surface area contributed by atoms with Crippen LogP contribution in [0, 0.1) is 5.82 Å². The highest BCUT2D eigenvalue weighted by Crippen LogP contribution is 2.26. The first-order valence-corrected chi connectivity index (χ1v) is 7.47. The van der Waals surface area contributed by atoms with Gasteiger partial charge in [0.05, 0.1) is 11.8 Å². The molecule has 2 aromatic rings. The van der Waals surface area contributed by atoms with Gasteiger partial charge in [0.25, 0.3) is 0 Å². The molecule has 0 aliphatic rings. The molecule has 0 fully saturated rings. The van der Waals surface area contributed by atoms with Gasteiger partial charge in [-0.2, -0.15) is 5.10 Å². The van der Waals surface area contributed by atoms with E-state index in [-0.39, 0.29) is 5.82 Å². The molecule has 5 heteroatoms. The Kier molecular flexibility index (Phi) is 4.94. The van der Waals surface area contributed by atoms with E-state index < -0.39 is 6.10 Å². The van der Waals surface area contributed by atoms with Gasteiger partial charge >= 0.3 is 0 Å². The van der Waals surface area contributed by atoms with Crippen molar-refractivity contribution in [2.24, 2.45) is 0 Å². The summed E-state index contributed by atoms with van der Waals surface area (Å²) in [4.78, 5) is 0. The third kappa shape index (κ3) is 3.46. The lowest BCUT2D eigenvalue weighted by Gasteiger charge is -2.12. The molecule has 3 nitrogen and oxygen atoms in total. The Bertz CT molecular complexity index is 585. The number of aliphatic hydroxyl groups is 1. The predicted octanol–water partition coefficient (Wildman–Crippen LogP) is 4.03. The summed E-state index contributed by atoms with van der Waals surface area (Å²) in [7, 11) is 0. The molecule has 0 amide bonds. The van der Waals surface area contributed by atoms with Crippen molar-refractivity contribution in [3.05, 3.63) is 52.0 Å². The molecular formula is C15H18BrFN2O. The van der Waals surface area contributed by atoms with Crippen LogP contribution in [0.2, 0.25) is 0 Å². The number of nitrogens with zero attached hydrogens (tertiary/aromatic N) is 2. The van der Waals surface area contributed by atoms with E-state index in [4.69, 9.17) is 0 Å². The van der Waals surface area contributed by atoms with Crippen molar-refractivity contribution < 1.29 is 9.50 Å². The normalized spacial score (nSPS) is 14.2. The Morgan fingerprint density at radius 1 is 1.40 bits per heavy atom. The zero-order valence-corrected chi connectivity index (χ0v) is 13.1. The van der Waals surface area contributed by atoms with Crippen molar-refractivity contribution in [1.82, 2.24) is 9.78 Å². The van der Waals surface area contributed by atoms with Gasteiger partial charge in [-0.05, 0) is 37.1 Å². The number of hydrogen-bond donors (Lipinski definition) is 1. The van der Waals surface area contributed by atoms with Crippen LogP contribution in [-0.2, 0) is 6.42 Å². The molecule has 0 saturated carbocycles. The molecule has 0 bridgehead atoms. The molecule has 1 N–H and O–H groups in total. The van der Waals surface area contributed by atoms with Crippen LogP contribution in [0.3, 0.4) is 0 Å². The van der Waals surface area contributed by atoms with Crippen LogP contribution in [0.1, 0.15) is 43.7 Å². The lowest BCUT2D eigenvalue weighted by atomic mass is 10.1. The lowest BCUT2D eigenvalue weighted by Crippen LogP contribution is -2.07. The molecule has 2 unspecified atom stereocenters. The highest BCUT2D eigenvalue weighted by Gasteiger charge is 2.15. The Hall–Kier alpha value is -1.20. The maximum Gasteiger partial charge on any atom is 0.124 e. The third-order valence-electron chi connectivity index (χ3n) is 3.43. The van der Waals surface area contributed by atoms with Gasteiger partial charge < -0.3 is 5.11 Å². The van der Waals surface area contributed by atoms with Crippen LogP contribution in [0.15, 0.2) is 34.9 Å². The standard InChI is InChI=1S/C15H18BrFN2O/c1-3-10(2)19-7-6-12(18-19)9-15(20)13-5-4-11(17)8-14(13)16/h4-8,10,15,20H,3,9H2,1-2H3. The van der Waals surface area contributed by atoms with Crippen molar-refractivity contribution in [2.45, 2.75) is 38.8 Å². The van der Waals surface area contributed by atoms with Crippen molar-refractivity contribution in [1.29, 1.82) is 0 Å². The summed E-state index contributed by atoms with van der Waals surface area (Å²) in [6.45, 7) is 4.21. The van der Waals surface area contributed by atoms with Crippen LogP contribution in [0.4, 0.5) is 4.39 Å². The lowest BCUT2D eigenvalue weighted by molar-refractivity contribution is 0.176. The molecule has 0 saturated heterocycles. The first-order chi connectivity index (χ1) is 9.51. The fourth-order valence-corrected chi connectivity index (χ4v) is 2.61. The second-order valence-electron chi connectivity index (χ2n) is 4.93. The molecule has 2 rings (SSSR count). The Balaban J connectivity index is 2.11. The molecule has 1 aromatic heterocycles. The number of aliphatic hydroxyl groups excluding tert-OH is 1. The zero-order valence-electron chi connectivity index (χ0n) is 11.6. The molecule has 1 aromatic carbocycles. The van der Waals surface area contributed by atoms with E-state index in [1.165, 1.54) is 12.1 Å². The van der Waals surface area contributed by atoms with Crippen LogP contribution in [0.25, 0.3) is 0 Å². The van der Waals surface area contributed by atoms with Gasteiger partial charge in [0.2, 0.25) is 0 Å². The molecule has 1 heterocycles. The van der Waals surface area contributed by atoms with Crippen LogP contribution >= 0.6 is 15.9 Å². The van der Waals surface area contributed by atoms with Gasteiger partial charge in [-0.1, -0.05) is 28.9 Å². The summed E-state index contributed by atoms with van der Waals surface area (Å²) in [5, 5.41) is 14.7. The van der Waals surface area contributed by atoms with Crippen LogP contribution in [-0.4, -0.2) is 14.9 Å². The quantitative estimate of drug-likeness (QED) is 0.892. The van der Waals surface area contributed by atoms with E-state index in [2.05, 4.69) is 34.9 Å². The van der Waals surface area contributed by atoms with Crippen molar-refractivity contribution in [3.8, 4) is 0 Å². The van der Waals surface area contributed by atoms with E-state index in [1.54, 1.807) is 6.07 Å². The number of halogens is 2. The minimum atomic E-state index is -0.703. The first kappa shape index (κ1) is 15.2. The van der Waals surface area contributed by atoms with E-state index >= 15 is 0 Å². The minimum Gasteiger partial charge on any atom is -0.388 e. The summed E-state index contributed by atoms with van der Waals surface area (Å²) in [6, 6.07) is 6.55. The highest BCUT2D eigenvalue weighted by molar-refractivity contribution is 9.10. The van der Waals surface area contributed by atoms with E-state index in [0.29, 0.717) is 22.5 Å². The molecule has 0 radical (unpaired) electrons.